The fraction of sp³-hybridized carbons (Fsp3) is 0.250. The van der Waals surface area contributed by atoms with Crippen LogP contribution in [-0.2, 0) is 0 Å². The summed E-state index contributed by atoms with van der Waals surface area (Å²) in [6.07, 6.45) is 5.49. The van der Waals surface area contributed by atoms with Gasteiger partial charge in [-0.15, -0.1) is 0 Å². The van der Waals surface area contributed by atoms with E-state index in [1.807, 2.05) is 37.3 Å². The van der Waals surface area contributed by atoms with Crippen molar-refractivity contribution in [2.45, 2.75) is 25.8 Å². The first-order valence-corrected chi connectivity index (χ1v) is 6.81. The summed E-state index contributed by atoms with van der Waals surface area (Å²) in [4.78, 5) is 16.1. The zero-order valence-corrected chi connectivity index (χ0v) is 11.4. The van der Waals surface area contributed by atoms with Crippen molar-refractivity contribution in [3.63, 3.8) is 0 Å². The first-order chi connectivity index (χ1) is 9.72. The second-order valence-corrected chi connectivity index (χ2v) is 5.15. The highest BCUT2D eigenvalue weighted by Crippen LogP contribution is 2.21. The normalized spacial score (nSPS) is 13.8. The molecule has 1 aromatic carbocycles. The van der Waals surface area contributed by atoms with E-state index in [0.29, 0.717) is 11.6 Å². The Balaban J connectivity index is 1.77. The molecule has 1 heterocycles. The van der Waals surface area contributed by atoms with Crippen molar-refractivity contribution in [2.75, 3.05) is 5.32 Å². The van der Waals surface area contributed by atoms with Gasteiger partial charge in [-0.3, -0.25) is 9.78 Å². The zero-order valence-electron chi connectivity index (χ0n) is 11.4. The Bertz CT molecular complexity index is 635. The molecule has 102 valence electrons. The second-order valence-electron chi connectivity index (χ2n) is 5.15. The number of nitrogens with one attached hydrogen (secondary N) is 2. The van der Waals surface area contributed by atoms with Crippen LogP contribution in [0.2, 0.25) is 0 Å². The number of amides is 1. The highest BCUT2D eigenvalue weighted by atomic mass is 16.1. The van der Waals surface area contributed by atoms with Gasteiger partial charge in [-0.1, -0.05) is 18.2 Å². The van der Waals surface area contributed by atoms with Crippen LogP contribution in [0.1, 0.15) is 28.8 Å². The number of rotatable bonds is 4. The number of nitrogens with zero attached hydrogens (tertiary/aromatic N) is 1. The summed E-state index contributed by atoms with van der Waals surface area (Å²) in [6, 6.07) is 10.2. The van der Waals surface area contributed by atoms with E-state index < -0.39 is 0 Å². The largest absolute Gasteiger partial charge is 0.354 e. The molecule has 1 fully saturated rings. The summed E-state index contributed by atoms with van der Waals surface area (Å²) >= 11 is 0. The number of carbonyl (C=O) groups excluding carboxylic acids is 1. The van der Waals surface area contributed by atoms with E-state index in [4.69, 9.17) is 0 Å². The molecule has 2 N–H and O–H groups in total. The number of aryl methyl sites for hydroxylation is 1. The SMILES string of the molecule is Cc1ccccc1Nc1cncc(C(=O)NC2CC2)c1. The average molecular weight is 267 g/mol. The van der Waals surface area contributed by atoms with Gasteiger partial charge in [0.1, 0.15) is 0 Å². The fourth-order valence-electron chi connectivity index (χ4n) is 2.00. The van der Waals surface area contributed by atoms with Gasteiger partial charge in [-0.25, -0.2) is 0 Å². The van der Waals surface area contributed by atoms with E-state index in [9.17, 15) is 4.79 Å². The maximum Gasteiger partial charge on any atom is 0.253 e. The van der Waals surface area contributed by atoms with Crippen molar-refractivity contribution < 1.29 is 4.79 Å². The molecule has 0 bridgehead atoms. The molecule has 1 amide bonds. The van der Waals surface area contributed by atoms with Crippen LogP contribution in [0, 0.1) is 6.92 Å². The van der Waals surface area contributed by atoms with Crippen LogP contribution in [-0.4, -0.2) is 16.9 Å². The minimum absolute atomic E-state index is 0.0477. The molecular formula is C16H17N3O. The summed E-state index contributed by atoms with van der Waals surface area (Å²) in [5.74, 6) is -0.0477. The molecule has 0 spiro atoms. The minimum Gasteiger partial charge on any atom is -0.354 e. The van der Waals surface area contributed by atoms with Crippen molar-refractivity contribution >= 4 is 17.3 Å². The predicted octanol–water partition coefficient (Wildman–Crippen LogP) is 3.03. The first-order valence-electron chi connectivity index (χ1n) is 6.81. The quantitative estimate of drug-likeness (QED) is 0.895. The maximum absolute atomic E-state index is 12.0. The lowest BCUT2D eigenvalue weighted by Crippen LogP contribution is -2.25. The van der Waals surface area contributed by atoms with Crippen molar-refractivity contribution in [1.29, 1.82) is 0 Å². The highest BCUT2D eigenvalue weighted by Gasteiger charge is 2.23. The molecule has 0 saturated heterocycles. The van der Waals surface area contributed by atoms with Crippen LogP contribution in [0.3, 0.4) is 0 Å². The van der Waals surface area contributed by atoms with Gasteiger partial charge in [0.15, 0.2) is 0 Å². The Morgan fingerprint density at radius 1 is 1.25 bits per heavy atom. The Hall–Kier alpha value is -2.36. The Kier molecular flexibility index (Phi) is 3.37. The smallest absolute Gasteiger partial charge is 0.253 e. The van der Waals surface area contributed by atoms with E-state index in [1.54, 1.807) is 12.4 Å². The average Bonchev–Trinajstić information content (AvgIpc) is 3.26. The first kappa shape index (κ1) is 12.7. The van der Waals surface area contributed by atoms with Crippen molar-refractivity contribution in [3.8, 4) is 0 Å². The van der Waals surface area contributed by atoms with Gasteiger partial charge in [0.2, 0.25) is 0 Å². The minimum atomic E-state index is -0.0477. The Labute approximate surface area is 118 Å². The number of para-hydroxylation sites is 1. The molecule has 4 heteroatoms. The van der Waals surface area contributed by atoms with Gasteiger partial charge < -0.3 is 10.6 Å². The number of pyridine rings is 1. The van der Waals surface area contributed by atoms with Gasteiger partial charge in [0.05, 0.1) is 17.4 Å². The van der Waals surface area contributed by atoms with Crippen LogP contribution in [0.4, 0.5) is 11.4 Å². The number of anilines is 2. The molecule has 1 saturated carbocycles. The van der Waals surface area contributed by atoms with Crippen molar-refractivity contribution in [2.24, 2.45) is 0 Å². The fourth-order valence-corrected chi connectivity index (χ4v) is 2.00. The van der Waals surface area contributed by atoms with Crippen molar-refractivity contribution in [3.05, 3.63) is 53.9 Å². The van der Waals surface area contributed by atoms with E-state index >= 15 is 0 Å². The topological polar surface area (TPSA) is 54.0 Å². The molecule has 0 atom stereocenters. The number of carbonyl (C=O) groups is 1. The standard InChI is InChI=1S/C16H17N3O/c1-11-4-2-3-5-15(11)18-14-8-12(9-17-10-14)16(20)19-13-6-7-13/h2-5,8-10,13,18H,6-7H2,1H3,(H,19,20). The van der Waals surface area contributed by atoms with Crippen LogP contribution in [0.5, 0.6) is 0 Å². The third-order valence-electron chi connectivity index (χ3n) is 3.34. The number of hydrogen-bond acceptors (Lipinski definition) is 3. The molecule has 20 heavy (non-hydrogen) atoms. The van der Waals surface area contributed by atoms with Gasteiger partial charge in [0, 0.05) is 17.9 Å². The molecule has 0 unspecified atom stereocenters. The van der Waals surface area contributed by atoms with Crippen molar-refractivity contribution in [1.82, 2.24) is 10.3 Å². The monoisotopic (exact) mass is 267 g/mol. The van der Waals surface area contributed by atoms with Gasteiger partial charge in [-0.05, 0) is 37.5 Å². The molecular weight excluding hydrogens is 250 g/mol. The molecule has 0 aliphatic heterocycles. The van der Waals surface area contributed by atoms with E-state index in [1.165, 1.54) is 0 Å². The lowest BCUT2D eigenvalue weighted by molar-refractivity contribution is 0.0951. The summed E-state index contributed by atoms with van der Waals surface area (Å²) < 4.78 is 0. The van der Waals surface area contributed by atoms with Gasteiger partial charge in [0.25, 0.3) is 5.91 Å². The lowest BCUT2D eigenvalue weighted by atomic mass is 10.2. The summed E-state index contributed by atoms with van der Waals surface area (Å²) in [6.45, 7) is 2.04. The number of hydrogen-bond donors (Lipinski definition) is 2. The number of benzene rings is 1. The summed E-state index contributed by atoms with van der Waals surface area (Å²) in [5.41, 5.74) is 3.59. The van der Waals surface area contributed by atoms with Gasteiger partial charge >= 0.3 is 0 Å². The molecule has 1 aliphatic rings. The van der Waals surface area contributed by atoms with Gasteiger partial charge in [-0.2, -0.15) is 0 Å². The Morgan fingerprint density at radius 3 is 2.80 bits per heavy atom. The van der Waals surface area contributed by atoms with Crippen LogP contribution >= 0.6 is 0 Å². The summed E-state index contributed by atoms with van der Waals surface area (Å²) in [5, 5.41) is 6.26. The second kappa shape index (κ2) is 5.33. The predicted molar refractivity (Wildman–Crippen MR) is 79.2 cm³/mol. The van der Waals surface area contributed by atoms with E-state index in [2.05, 4.69) is 15.6 Å². The highest BCUT2D eigenvalue weighted by molar-refractivity contribution is 5.95. The number of aromatic nitrogens is 1. The molecule has 1 aromatic heterocycles. The van der Waals surface area contributed by atoms with Crippen LogP contribution in [0.15, 0.2) is 42.7 Å². The van der Waals surface area contributed by atoms with E-state index in [-0.39, 0.29) is 5.91 Å². The third kappa shape index (κ3) is 2.96. The van der Waals surface area contributed by atoms with E-state index in [0.717, 1.165) is 29.8 Å². The zero-order chi connectivity index (χ0) is 13.9. The molecule has 4 nitrogen and oxygen atoms in total. The molecule has 2 aromatic rings. The molecule has 1 aliphatic carbocycles. The lowest BCUT2D eigenvalue weighted by Gasteiger charge is -2.10. The third-order valence-corrected chi connectivity index (χ3v) is 3.34. The Morgan fingerprint density at radius 2 is 2.05 bits per heavy atom. The maximum atomic E-state index is 12.0. The molecule has 3 rings (SSSR count). The van der Waals surface area contributed by atoms with Crippen LogP contribution < -0.4 is 10.6 Å². The molecule has 0 radical (unpaired) electrons. The van der Waals surface area contributed by atoms with Crippen LogP contribution in [0.25, 0.3) is 0 Å². The summed E-state index contributed by atoms with van der Waals surface area (Å²) in [7, 11) is 0.